The van der Waals surface area contributed by atoms with E-state index in [1.54, 1.807) is 6.07 Å². The van der Waals surface area contributed by atoms with Crippen molar-refractivity contribution in [2.24, 2.45) is 15.6 Å². The third kappa shape index (κ3) is 3.80. The molecule has 5 nitrogen and oxygen atoms in total. The minimum absolute atomic E-state index is 0.0229. The Hall–Kier alpha value is -1.46. The van der Waals surface area contributed by atoms with Crippen LogP contribution in [0.25, 0.3) is 0 Å². The lowest BCUT2D eigenvalue weighted by atomic mass is 9.95. The largest absolute Gasteiger partial charge is 0.272 e. The number of benzene rings is 1. The maximum absolute atomic E-state index is 12.1. The van der Waals surface area contributed by atoms with Gasteiger partial charge in [-0.2, -0.15) is 10.2 Å². The number of nitrogens with zero attached hydrogens (tertiary/aromatic N) is 3. The van der Waals surface area contributed by atoms with Crippen LogP contribution >= 0.6 is 11.6 Å². The molecule has 1 aliphatic rings. The number of hydroxylamine groups is 2. The van der Waals surface area contributed by atoms with E-state index in [2.05, 4.69) is 10.2 Å². The molecule has 1 fully saturated rings. The van der Waals surface area contributed by atoms with Crippen LogP contribution in [0.15, 0.2) is 28.4 Å². The highest BCUT2D eigenvalue weighted by atomic mass is 35.5. The van der Waals surface area contributed by atoms with E-state index in [-0.39, 0.29) is 5.91 Å². The molecule has 1 aliphatic heterocycles. The van der Waals surface area contributed by atoms with Crippen molar-refractivity contribution in [1.82, 2.24) is 5.06 Å². The van der Waals surface area contributed by atoms with Crippen LogP contribution in [0.4, 0.5) is 5.69 Å². The summed E-state index contributed by atoms with van der Waals surface area (Å²) in [5, 5.41) is 10.1. The standard InChI is InChI=1S/C15H20ClN3O2/c1-4-7-17-18-12-6-5-11(13(16)8-12)9-19-14(20)15(2,3)10-21-19/h5-6,8H,4,7,9-10H2,1-3H3. The zero-order valence-corrected chi connectivity index (χ0v) is 13.4. The van der Waals surface area contributed by atoms with Gasteiger partial charge in [0.1, 0.15) is 0 Å². The molecule has 114 valence electrons. The molecule has 0 unspecified atom stereocenters. The third-order valence-electron chi connectivity index (χ3n) is 3.25. The van der Waals surface area contributed by atoms with Crippen LogP contribution in [-0.2, 0) is 16.2 Å². The SMILES string of the molecule is CCCN=Nc1ccc(CN2OCC(C)(C)C2=O)c(Cl)c1. The quantitative estimate of drug-likeness (QED) is 0.768. The van der Waals surface area contributed by atoms with E-state index in [0.29, 0.717) is 30.4 Å². The molecular weight excluding hydrogens is 290 g/mol. The van der Waals surface area contributed by atoms with E-state index >= 15 is 0 Å². The molecule has 1 saturated heterocycles. The molecule has 1 aromatic carbocycles. The average molecular weight is 310 g/mol. The van der Waals surface area contributed by atoms with Crippen LogP contribution in [0.2, 0.25) is 5.02 Å². The third-order valence-corrected chi connectivity index (χ3v) is 3.60. The molecule has 6 heteroatoms. The Bertz CT molecular complexity index is 558. The van der Waals surface area contributed by atoms with Crippen LogP contribution < -0.4 is 0 Å². The summed E-state index contributed by atoms with van der Waals surface area (Å²) >= 11 is 6.24. The minimum Gasteiger partial charge on any atom is -0.272 e. The van der Waals surface area contributed by atoms with Gasteiger partial charge in [-0.1, -0.05) is 24.6 Å². The highest BCUT2D eigenvalue weighted by Crippen LogP contribution is 2.30. The summed E-state index contributed by atoms with van der Waals surface area (Å²) in [7, 11) is 0. The molecule has 2 rings (SSSR count). The van der Waals surface area contributed by atoms with Crippen molar-refractivity contribution in [3.8, 4) is 0 Å². The highest BCUT2D eigenvalue weighted by Gasteiger charge is 2.40. The first-order valence-corrected chi connectivity index (χ1v) is 7.42. The van der Waals surface area contributed by atoms with Gasteiger partial charge in [0, 0.05) is 5.02 Å². The number of rotatable bonds is 5. The first-order chi connectivity index (χ1) is 9.94. The zero-order chi connectivity index (χ0) is 15.5. The summed E-state index contributed by atoms with van der Waals surface area (Å²) in [5.74, 6) is -0.0229. The molecule has 0 N–H and O–H groups in total. The number of carbonyl (C=O) groups excluding carboxylic acids is 1. The van der Waals surface area contributed by atoms with E-state index in [9.17, 15) is 4.79 Å². The monoisotopic (exact) mass is 309 g/mol. The lowest BCUT2D eigenvalue weighted by Crippen LogP contribution is -2.30. The molecule has 0 radical (unpaired) electrons. The Labute approximate surface area is 129 Å². The fraction of sp³-hybridized carbons (Fsp3) is 0.533. The zero-order valence-electron chi connectivity index (χ0n) is 12.6. The highest BCUT2D eigenvalue weighted by molar-refractivity contribution is 6.31. The summed E-state index contributed by atoms with van der Waals surface area (Å²) in [6.07, 6.45) is 0.958. The van der Waals surface area contributed by atoms with Gasteiger partial charge < -0.3 is 0 Å². The van der Waals surface area contributed by atoms with E-state index in [0.717, 1.165) is 12.0 Å². The molecule has 1 aromatic rings. The average Bonchev–Trinajstić information content (AvgIpc) is 2.69. The predicted molar refractivity (Wildman–Crippen MR) is 81.4 cm³/mol. The van der Waals surface area contributed by atoms with Crippen molar-refractivity contribution in [2.75, 3.05) is 13.2 Å². The maximum Gasteiger partial charge on any atom is 0.254 e. The Balaban J connectivity index is 2.07. The molecule has 0 saturated carbocycles. The van der Waals surface area contributed by atoms with Gasteiger partial charge in [-0.25, -0.2) is 5.06 Å². The van der Waals surface area contributed by atoms with Crippen molar-refractivity contribution in [3.05, 3.63) is 28.8 Å². The topological polar surface area (TPSA) is 54.3 Å². The van der Waals surface area contributed by atoms with E-state index in [1.165, 1.54) is 5.06 Å². The second-order valence-corrected chi connectivity index (χ2v) is 6.15. The Morgan fingerprint density at radius 1 is 1.43 bits per heavy atom. The molecular formula is C15H20ClN3O2. The van der Waals surface area contributed by atoms with Crippen LogP contribution in [0.5, 0.6) is 0 Å². The molecule has 0 atom stereocenters. The summed E-state index contributed by atoms with van der Waals surface area (Å²) in [6, 6.07) is 5.44. The first-order valence-electron chi connectivity index (χ1n) is 7.05. The van der Waals surface area contributed by atoms with Gasteiger partial charge >= 0.3 is 0 Å². The van der Waals surface area contributed by atoms with Gasteiger partial charge in [0.05, 0.1) is 30.8 Å². The van der Waals surface area contributed by atoms with Gasteiger partial charge in [0.2, 0.25) is 0 Å². The molecule has 21 heavy (non-hydrogen) atoms. The normalized spacial score (nSPS) is 17.9. The second kappa shape index (κ2) is 6.54. The van der Waals surface area contributed by atoms with Gasteiger partial charge in [-0.15, -0.1) is 0 Å². The molecule has 0 aromatic heterocycles. The van der Waals surface area contributed by atoms with Crippen molar-refractivity contribution in [3.63, 3.8) is 0 Å². The van der Waals surface area contributed by atoms with Gasteiger partial charge in [0.15, 0.2) is 0 Å². The lowest BCUT2D eigenvalue weighted by molar-refractivity contribution is -0.165. The van der Waals surface area contributed by atoms with Crippen molar-refractivity contribution >= 4 is 23.2 Å². The minimum atomic E-state index is -0.471. The van der Waals surface area contributed by atoms with Gasteiger partial charge in [-0.05, 0) is 38.0 Å². The van der Waals surface area contributed by atoms with Crippen molar-refractivity contribution in [2.45, 2.75) is 33.7 Å². The van der Waals surface area contributed by atoms with Crippen molar-refractivity contribution in [1.29, 1.82) is 0 Å². The van der Waals surface area contributed by atoms with Crippen LogP contribution in [0, 0.1) is 5.41 Å². The molecule has 1 amide bonds. The maximum atomic E-state index is 12.1. The number of amides is 1. The molecule has 0 aliphatic carbocycles. The first kappa shape index (κ1) is 15.9. The van der Waals surface area contributed by atoms with E-state index < -0.39 is 5.41 Å². The van der Waals surface area contributed by atoms with Gasteiger partial charge in [0.25, 0.3) is 5.91 Å². The van der Waals surface area contributed by atoms with Crippen LogP contribution in [-0.4, -0.2) is 24.1 Å². The van der Waals surface area contributed by atoms with E-state index in [4.69, 9.17) is 16.4 Å². The van der Waals surface area contributed by atoms with Crippen LogP contribution in [0.1, 0.15) is 32.8 Å². The van der Waals surface area contributed by atoms with E-state index in [1.807, 2.05) is 32.9 Å². The Morgan fingerprint density at radius 2 is 2.19 bits per heavy atom. The van der Waals surface area contributed by atoms with Crippen LogP contribution in [0.3, 0.4) is 0 Å². The number of carbonyl (C=O) groups is 1. The summed E-state index contributed by atoms with van der Waals surface area (Å²) in [6.45, 7) is 7.22. The summed E-state index contributed by atoms with van der Waals surface area (Å²) in [5.41, 5.74) is 1.07. The molecule has 1 heterocycles. The number of azo groups is 1. The van der Waals surface area contributed by atoms with Crippen molar-refractivity contribution < 1.29 is 9.63 Å². The smallest absolute Gasteiger partial charge is 0.254 e. The fourth-order valence-corrected chi connectivity index (χ4v) is 2.16. The molecule has 0 bridgehead atoms. The predicted octanol–water partition coefficient (Wildman–Crippen LogP) is 4.13. The summed E-state index contributed by atoms with van der Waals surface area (Å²) < 4.78 is 0. The lowest BCUT2D eigenvalue weighted by Gasteiger charge is -2.17. The molecule has 0 spiro atoms. The summed E-state index contributed by atoms with van der Waals surface area (Å²) in [4.78, 5) is 17.5. The number of hydrogen-bond acceptors (Lipinski definition) is 4. The second-order valence-electron chi connectivity index (χ2n) is 5.74. The number of halogens is 1. The Morgan fingerprint density at radius 3 is 2.76 bits per heavy atom. The van der Waals surface area contributed by atoms with Gasteiger partial charge in [-0.3, -0.25) is 9.63 Å². The fourth-order valence-electron chi connectivity index (χ4n) is 1.93. The Kier molecular flexibility index (Phi) is 4.96. The number of hydrogen-bond donors (Lipinski definition) is 0.